The highest BCUT2D eigenvalue weighted by molar-refractivity contribution is 7.18. The first kappa shape index (κ1) is 16.8. The van der Waals surface area contributed by atoms with E-state index in [1.807, 2.05) is 6.92 Å². The monoisotopic (exact) mass is 358 g/mol. The molecule has 25 heavy (non-hydrogen) atoms. The molecule has 0 aliphatic rings. The second-order valence-corrected chi connectivity index (χ2v) is 6.42. The summed E-state index contributed by atoms with van der Waals surface area (Å²) in [7, 11) is 0. The van der Waals surface area contributed by atoms with Crippen molar-refractivity contribution in [1.82, 2.24) is 9.66 Å². The number of aryl methyl sites for hydroxylation is 1. The molecule has 0 saturated carbocycles. The van der Waals surface area contributed by atoms with Crippen LogP contribution in [-0.4, -0.2) is 20.5 Å². The molecule has 0 fully saturated rings. The number of thiophene rings is 1. The maximum absolute atomic E-state index is 12.4. The van der Waals surface area contributed by atoms with E-state index in [4.69, 9.17) is 0 Å². The van der Waals surface area contributed by atoms with Crippen LogP contribution in [-0.2, 0) is 17.6 Å². The maximum Gasteiger partial charge on any atom is 0.280 e. The largest absolute Gasteiger partial charge is 0.280 e. The van der Waals surface area contributed by atoms with Crippen LogP contribution in [0.1, 0.15) is 17.4 Å². The average molecular weight is 358 g/mol. The third-order valence-corrected chi connectivity index (χ3v) is 4.82. The van der Waals surface area contributed by atoms with E-state index in [0.717, 1.165) is 16.0 Å². The summed E-state index contributed by atoms with van der Waals surface area (Å²) in [6.45, 7) is 1.98. The van der Waals surface area contributed by atoms with Gasteiger partial charge in [0.2, 0.25) is 5.91 Å². The van der Waals surface area contributed by atoms with Crippen molar-refractivity contribution in [2.24, 2.45) is 0 Å². The molecule has 2 heterocycles. The van der Waals surface area contributed by atoms with Crippen LogP contribution in [0, 0.1) is 10.1 Å². The zero-order valence-electron chi connectivity index (χ0n) is 13.3. The second kappa shape index (κ2) is 6.81. The lowest BCUT2D eigenvalue weighted by Gasteiger charge is -2.07. The third-order valence-electron chi connectivity index (χ3n) is 3.64. The van der Waals surface area contributed by atoms with Crippen LogP contribution in [0.4, 0.5) is 5.69 Å². The van der Waals surface area contributed by atoms with Crippen molar-refractivity contribution in [3.63, 3.8) is 0 Å². The molecule has 0 bridgehead atoms. The lowest BCUT2D eigenvalue weighted by atomic mass is 10.1. The fourth-order valence-corrected chi connectivity index (χ4v) is 3.34. The van der Waals surface area contributed by atoms with Crippen LogP contribution < -0.4 is 11.0 Å². The molecule has 0 saturated heterocycles. The Hall–Kier alpha value is -3.07. The highest BCUT2D eigenvalue weighted by Gasteiger charge is 2.16. The van der Waals surface area contributed by atoms with Gasteiger partial charge in [0.15, 0.2) is 0 Å². The molecule has 1 N–H and O–H groups in total. The molecule has 1 amide bonds. The summed E-state index contributed by atoms with van der Waals surface area (Å²) in [5.74, 6) is -0.538. The molecular weight excluding hydrogens is 344 g/mol. The SMILES string of the molecule is CCc1cc2c(=O)n(NC(=O)Cc3ccccc3[N+](=O)[O-])cnc2s1. The van der Waals surface area contributed by atoms with E-state index < -0.39 is 10.8 Å². The number of hydrogen-bond acceptors (Lipinski definition) is 6. The number of rotatable bonds is 5. The molecule has 8 nitrogen and oxygen atoms in total. The number of carbonyl (C=O) groups excluding carboxylic acids is 1. The number of fused-ring (bicyclic) bond motifs is 1. The minimum Gasteiger partial charge on any atom is -0.273 e. The number of nitro groups is 1. The minimum atomic E-state index is -0.542. The molecule has 1 aromatic carbocycles. The van der Waals surface area contributed by atoms with Gasteiger partial charge in [-0.3, -0.25) is 25.1 Å². The summed E-state index contributed by atoms with van der Waals surface area (Å²) in [5, 5.41) is 11.4. The summed E-state index contributed by atoms with van der Waals surface area (Å²) in [6.07, 6.45) is 1.83. The van der Waals surface area contributed by atoms with Gasteiger partial charge in [-0.25, -0.2) is 9.66 Å². The summed E-state index contributed by atoms with van der Waals surface area (Å²) in [6, 6.07) is 7.76. The van der Waals surface area contributed by atoms with Gasteiger partial charge in [0.05, 0.1) is 16.7 Å². The fourth-order valence-electron chi connectivity index (χ4n) is 2.41. The van der Waals surface area contributed by atoms with Crippen LogP contribution in [0.25, 0.3) is 10.2 Å². The van der Waals surface area contributed by atoms with Crippen molar-refractivity contribution in [3.8, 4) is 0 Å². The van der Waals surface area contributed by atoms with Crippen LogP contribution in [0.5, 0.6) is 0 Å². The van der Waals surface area contributed by atoms with Gasteiger partial charge in [0, 0.05) is 16.5 Å². The van der Waals surface area contributed by atoms with Gasteiger partial charge in [-0.1, -0.05) is 25.1 Å². The van der Waals surface area contributed by atoms with Crippen molar-refractivity contribution in [2.45, 2.75) is 19.8 Å². The van der Waals surface area contributed by atoms with Crippen LogP contribution in [0.15, 0.2) is 41.5 Å². The number of para-hydroxylation sites is 1. The lowest BCUT2D eigenvalue weighted by Crippen LogP contribution is -2.33. The predicted octanol–water partition coefficient (Wildman–Crippen LogP) is 2.24. The Morgan fingerprint density at radius 2 is 2.16 bits per heavy atom. The normalized spacial score (nSPS) is 10.8. The molecule has 0 unspecified atom stereocenters. The summed E-state index contributed by atoms with van der Waals surface area (Å²) in [5.41, 5.74) is 2.19. The van der Waals surface area contributed by atoms with Crippen LogP contribution >= 0.6 is 11.3 Å². The Labute approximate surface area is 145 Å². The molecule has 2 aromatic heterocycles. The van der Waals surface area contributed by atoms with E-state index in [2.05, 4.69) is 10.4 Å². The molecule has 0 aliphatic carbocycles. The van der Waals surface area contributed by atoms with Gasteiger partial charge in [0.1, 0.15) is 11.2 Å². The van der Waals surface area contributed by atoms with Crippen molar-refractivity contribution in [2.75, 3.05) is 5.43 Å². The lowest BCUT2D eigenvalue weighted by molar-refractivity contribution is -0.385. The first-order valence-corrected chi connectivity index (χ1v) is 8.33. The highest BCUT2D eigenvalue weighted by Crippen LogP contribution is 2.21. The Balaban J connectivity index is 1.84. The molecule has 128 valence electrons. The number of nitro benzene ring substituents is 1. The Morgan fingerprint density at radius 1 is 1.40 bits per heavy atom. The van der Waals surface area contributed by atoms with Gasteiger partial charge in [-0.2, -0.15) is 0 Å². The molecule has 3 aromatic rings. The topological polar surface area (TPSA) is 107 Å². The minimum absolute atomic E-state index is 0.135. The summed E-state index contributed by atoms with van der Waals surface area (Å²) >= 11 is 1.43. The standard InChI is InChI=1S/C16H14N4O4S/c1-2-11-8-12-15(25-11)17-9-19(16(12)22)18-14(21)7-10-5-3-4-6-13(10)20(23)24/h3-6,8-9H,2,7H2,1H3,(H,18,21). The van der Waals surface area contributed by atoms with Gasteiger partial charge in [-0.05, 0) is 12.5 Å². The molecule has 0 radical (unpaired) electrons. The fraction of sp³-hybridized carbons (Fsp3) is 0.188. The summed E-state index contributed by atoms with van der Waals surface area (Å²) in [4.78, 5) is 40.9. The quantitative estimate of drug-likeness (QED) is 0.556. The number of amides is 1. The zero-order valence-corrected chi connectivity index (χ0v) is 14.1. The first-order valence-electron chi connectivity index (χ1n) is 7.51. The van der Waals surface area contributed by atoms with Crippen molar-refractivity contribution >= 4 is 33.1 Å². The van der Waals surface area contributed by atoms with Gasteiger partial charge in [-0.15, -0.1) is 11.3 Å². The van der Waals surface area contributed by atoms with Crippen LogP contribution in [0.2, 0.25) is 0 Å². The molecule has 3 rings (SSSR count). The Morgan fingerprint density at radius 3 is 2.88 bits per heavy atom. The first-order chi connectivity index (χ1) is 12.0. The van der Waals surface area contributed by atoms with Gasteiger partial charge in [0.25, 0.3) is 11.2 Å². The number of hydrogen-bond donors (Lipinski definition) is 1. The van der Waals surface area contributed by atoms with Gasteiger partial charge < -0.3 is 0 Å². The Kier molecular flexibility index (Phi) is 4.57. The zero-order chi connectivity index (χ0) is 18.0. The smallest absolute Gasteiger partial charge is 0.273 e. The Bertz CT molecular complexity index is 1020. The number of carbonyl (C=O) groups is 1. The number of benzene rings is 1. The van der Waals surface area contributed by atoms with Crippen molar-refractivity contribution < 1.29 is 9.72 Å². The van der Waals surface area contributed by atoms with Crippen molar-refractivity contribution in [3.05, 3.63) is 67.6 Å². The molecule has 0 spiro atoms. The average Bonchev–Trinajstić information content (AvgIpc) is 3.02. The molecule has 0 atom stereocenters. The third kappa shape index (κ3) is 3.41. The van der Waals surface area contributed by atoms with E-state index >= 15 is 0 Å². The van der Waals surface area contributed by atoms with E-state index in [1.165, 1.54) is 35.9 Å². The molecule has 0 aliphatic heterocycles. The second-order valence-electron chi connectivity index (χ2n) is 5.30. The summed E-state index contributed by atoms with van der Waals surface area (Å²) < 4.78 is 1.01. The molecule has 9 heteroatoms. The number of nitrogens with one attached hydrogen (secondary N) is 1. The predicted molar refractivity (Wildman–Crippen MR) is 94.4 cm³/mol. The van der Waals surface area contributed by atoms with Crippen LogP contribution in [0.3, 0.4) is 0 Å². The highest BCUT2D eigenvalue weighted by atomic mass is 32.1. The number of nitrogens with zero attached hydrogens (tertiary/aromatic N) is 3. The van der Waals surface area contributed by atoms with E-state index in [0.29, 0.717) is 10.2 Å². The number of aromatic nitrogens is 2. The maximum atomic E-state index is 12.4. The van der Waals surface area contributed by atoms with E-state index in [1.54, 1.807) is 12.1 Å². The van der Waals surface area contributed by atoms with Gasteiger partial charge >= 0.3 is 0 Å². The van der Waals surface area contributed by atoms with E-state index in [-0.39, 0.29) is 23.2 Å². The van der Waals surface area contributed by atoms with E-state index in [9.17, 15) is 19.7 Å². The molecular formula is C16H14N4O4S. The van der Waals surface area contributed by atoms with Crippen molar-refractivity contribution in [1.29, 1.82) is 0 Å².